The van der Waals surface area contributed by atoms with E-state index in [0.29, 0.717) is 23.6 Å². The lowest BCUT2D eigenvalue weighted by Gasteiger charge is -2.24. The van der Waals surface area contributed by atoms with Crippen LogP contribution in [-0.4, -0.2) is 9.97 Å². The highest BCUT2D eigenvalue weighted by atomic mass is 16.4. The first-order chi connectivity index (χ1) is 20.7. The molecule has 2 heterocycles. The molecular formula is C38H44N2O2. The lowest BCUT2D eigenvalue weighted by atomic mass is 9.81. The Labute approximate surface area is 249 Å². The Bertz CT molecular complexity index is 1540. The molecule has 2 fully saturated rings. The van der Waals surface area contributed by atoms with Crippen molar-refractivity contribution in [3.63, 3.8) is 0 Å². The van der Waals surface area contributed by atoms with Crippen molar-refractivity contribution in [3.05, 3.63) is 70.8 Å². The monoisotopic (exact) mass is 560 g/mol. The van der Waals surface area contributed by atoms with Crippen LogP contribution in [0.25, 0.3) is 45.1 Å². The first-order valence-corrected chi connectivity index (χ1v) is 16.7. The summed E-state index contributed by atoms with van der Waals surface area (Å²) >= 11 is 0. The summed E-state index contributed by atoms with van der Waals surface area (Å²) in [5.41, 5.74) is 11.6. The van der Waals surface area contributed by atoms with E-state index in [0.717, 1.165) is 59.0 Å². The quantitative estimate of drug-likeness (QED) is 0.189. The molecule has 0 amide bonds. The molecule has 0 spiro atoms. The minimum absolute atomic E-state index is 0.664. The second-order valence-corrected chi connectivity index (χ2v) is 12.8. The van der Waals surface area contributed by atoms with Crippen LogP contribution >= 0.6 is 0 Å². The van der Waals surface area contributed by atoms with Gasteiger partial charge in [0.15, 0.2) is 11.2 Å². The van der Waals surface area contributed by atoms with Crippen LogP contribution in [0.5, 0.6) is 0 Å². The summed E-state index contributed by atoms with van der Waals surface area (Å²) in [4.78, 5) is 9.90. The summed E-state index contributed by atoms with van der Waals surface area (Å²) < 4.78 is 12.7. The van der Waals surface area contributed by atoms with Gasteiger partial charge >= 0.3 is 0 Å². The maximum absolute atomic E-state index is 6.33. The van der Waals surface area contributed by atoms with Gasteiger partial charge in [-0.15, -0.1) is 0 Å². The molecular weight excluding hydrogens is 516 g/mol. The van der Waals surface area contributed by atoms with Crippen LogP contribution in [0.3, 0.4) is 0 Å². The van der Waals surface area contributed by atoms with Crippen LogP contribution < -0.4 is 0 Å². The van der Waals surface area contributed by atoms with Gasteiger partial charge in [0, 0.05) is 11.1 Å². The van der Waals surface area contributed by atoms with E-state index < -0.39 is 0 Å². The second-order valence-electron chi connectivity index (χ2n) is 12.8. The van der Waals surface area contributed by atoms with Crippen LogP contribution in [0.4, 0.5) is 0 Å². The number of fused-ring (bicyclic) bond motifs is 2. The van der Waals surface area contributed by atoms with Crippen LogP contribution in [0.2, 0.25) is 0 Å². The normalized spacial score (nSPS) is 17.0. The maximum atomic E-state index is 6.33. The van der Waals surface area contributed by atoms with E-state index in [1.807, 2.05) is 0 Å². The zero-order chi connectivity index (χ0) is 28.5. The number of rotatable bonds is 8. The van der Waals surface area contributed by atoms with Gasteiger partial charge < -0.3 is 8.83 Å². The van der Waals surface area contributed by atoms with E-state index in [4.69, 9.17) is 18.8 Å². The fraction of sp³-hybridized carbons (Fsp3) is 0.474. The summed E-state index contributed by atoms with van der Waals surface area (Å²) in [6.45, 7) is 4.53. The van der Waals surface area contributed by atoms with Crippen molar-refractivity contribution in [3.8, 4) is 22.9 Å². The van der Waals surface area contributed by atoms with Crippen molar-refractivity contribution < 1.29 is 8.83 Å². The van der Waals surface area contributed by atoms with Gasteiger partial charge in [0.1, 0.15) is 11.0 Å². The molecule has 7 rings (SSSR count). The highest BCUT2D eigenvalue weighted by molar-refractivity contribution is 5.80. The fourth-order valence-electron chi connectivity index (χ4n) is 7.63. The van der Waals surface area contributed by atoms with Gasteiger partial charge in [-0.2, -0.15) is 0 Å². The Hall–Kier alpha value is -3.40. The number of oxazole rings is 2. The van der Waals surface area contributed by atoms with Crippen molar-refractivity contribution in [1.82, 2.24) is 9.97 Å². The van der Waals surface area contributed by atoms with Crippen molar-refractivity contribution in [2.75, 3.05) is 0 Å². The standard InChI is InChI=1S/C38H44N2O2/c1-3-11-29-21-35-33(23-31(29)25-13-7-5-8-14-25)39-37(41-35)27-17-19-28(20-18-27)38-40-34-24-32(26-15-9-6-10-16-26)30(12-4-2)22-36(34)42-38/h17-26H,3-16H2,1-2H3. The van der Waals surface area contributed by atoms with Crippen LogP contribution in [-0.2, 0) is 12.8 Å². The van der Waals surface area contributed by atoms with Crippen LogP contribution in [0, 0.1) is 0 Å². The largest absolute Gasteiger partial charge is 0.436 e. The first-order valence-electron chi connectivity index (χ1n) is 16.7. The molecule has 2 aliphatic rings. The zero-order valence-electron chi connectivity index (χ0n) is 25.4. The van der Waals surface area contributed by atoms with E-state index in [9.17, 15) is 0 Å². The minimum atomic E-state index is 0.664. The van der Waals surface area contributed by atoms with Gasteiger partial charge in [0.25, 0.3) is 0 Å². The number of aromatic nitrogens is 2. The number of hydrogen-bond donors (Lipinski definition) is 0. The Morgan fingerprint density at radius 3 is 1.36 bits per heavy atom. The fourth-order valence-corrected chi connectivity index (χ4v) is 7.63. The van der Waals surface area contributed by atoms with E-state index >= 15 is 0 Å². The third-order valence-electron chi connectivity index (χ3n) is 9.81. The van der Waals surface area contributed by atoms with Crippen molar-refractivity contribution >= 4 is 22.2 Å². The third kappa shape index (κ3) is 5.41. The lowest BCUT2D eigenvalue weighted by Crippen LogP contribution is -2.07. The molecule has 3 aromatic carbocycles. The van der Waals surface area contributed by atoms with Gasteiger partial charge in [-0.1, -0.05) is 65.2 Å². The zero-order valence-corrected chi connectivity index (χ0v) is 25.4. The van der Waals surface area contributed by atoms with Crippen molar-refractivity contribution in [2.45, 2.75) is 116 Å². The van der Waals surface area contributed by atoms with E-state index in [-0.39, 0.29) is 0 Å². The topological polar surface area (TPSA) is 52.1 Å². The molecule has 5 aromatic rings. The van der Waals surface area contributed by atoms with Crippen LogP contribution in [0.1, 0.15) is 125 Å². The molecule has 218 valence electrons. The lowest BCUT2D eigenvalue weighted by molar-refractivity contribution is 0.441. The molecule has 0 bridgehead atoms. The van der Waals surface area contributed by atoms with Gasteiger partial charge in [-0.05, 0) is 121 Å². The summed E-state index contributed by atoms with van der Waals surface area (Å²) in [6, 6.07) is 17.5. The molecule has 2 aromatic heterocycles. The Kier molecular flexibility index (Phi) is 7.88. The molecule has 42 heavy (non-hydrogen) atoms. The minimum Gasteiger partial charge on any atom is -0.436 e. The van der Waals surface area contributed by atoms with Crippen LogP contribution in [0.15, 0.2) is 57.4 Å². The third-order valence-corrected chi connectivity index (χ3v) is 9.81. The Morgan fingerprint density at radius 2 is 0.976 bits per heavy atom. The average Bonchev–Trinajstić information content (AvgIpc) is 3.65. The van der Waals surface area contributed by atoms with Gasteiger partial charge in [-0.3, -0.25) is 0 Å². The van der Waals surface area contributed by atoms with Gasteiger partial charge in [-0.25, -0.2) is 9.97 Å². The predicted molar refractivity (Wildman–Crippen MR) is 172 cm³/mol. The number of aryl methyl sites for hydroxylation is 2. The molecule has 0 unspecified atom stereocenters. The number of hydrogen-bond acceptors (Lipinski definition) is 4. The molecule has 4 heteroatoms. The SMILES string of the molecule is CCCc1cc2oc(-c3ccc(-c4nc5cc(C6CCCCC6)c(CCC)cc5o4)cc3)nc2cc1C1CCCCC1. The van der Waals surface area contributed by atoms with Crippen molar-refractivity contribution in [2.24, 2.45) is 0 Å². The summed E-state index contributed by atoms with van der Waals surface area (Å²) in [6.07, 6.45) is 17.8. The summed E-state index contributed by atoms with van der Waals surface area (Å²) in [5, 5.41) is 0. The first kappa shape index (κ1) is 27.4. The van der Waals surface area contributed by atoms with E-state index in [1.165, 1.54) is 86.5 Å². The molecule has 2 saturated carbocycles. The highest BCUT2D eigenvalue weighted by Gasteiger charge is 2.22. The molecule has 4 nitrogen and oxygen atoms in total. The molecule has 0 N–H and O–H groups in total. The average molecular weight is 561 g/mol. The smallest absolute Gasteiger partial charge is 0.227 e. The molecule has 0 aliphatic heterocycles. The summed E-state index contributed by atoms with van der Waals surface area (Å²) in [7, 11) is 0. The summed E-state index contributed by atoms with van der Waals surface area (Å²) in [5.74, 6) is 2.69. The number of benzene rings is 3. The van der Waals surface area contributed by atoms with Gasteiger partial charge in [0.2, 0.25) is 11.8 Å². The maximum Gasteiger partial charge on any atom is 0.227 e. The predicted octanol–water partition coefficient (Wildman–Crippen LogP) is 11.3. The molecule has 0 atom stereocenters. The highest BCUT2D eigenvalue weighted by Crippen LogP contribution is 2.39. The number of nitrogens with zero attached hydrogens (tertiary/aromatic N) is 2. The molecule has 0 saturated heterocycles. The molecule has 0 radical (unpaired) electrons. The Balaban J connectivity index is 1.17. The Morgan fingerprint density at radius 1 is 0.571 bits per heavy atom. The molecule has 2 aliphatic carbocycles. The van der Waals surface area contributed by atoms with E-state index in [1.54, 1.807) is 0 Å². The van der Waals surface area contributed by atoms with Gasteiger partial charge in [0.05, 0.1) is 0 Å². The second kappa shape index (κ2) is 12.1. The van der Waals surface area contributed by atoms with Crippen molar-refractivity contribution in [1.29, 1.82) is 0 Å². The van der Waals surface area contributed by atoms with E-state index in [2.05, 4.69) is 62.4 Å².